The first-order chi connectivity index (χ1) is 10.0. The first-order valence-corrected chi connectivity index (χ1v) is 7.53. The number of hydrogen-bond donors (Lipinski definition) is 1. The van der Waals surface area contributed by atoms with Crippen molar-refractivity contribution in [1.29, 1.82) is 0 Å². The molecule has 0 aliphatic carbocycles. The topological polar surface area (TPSA) is 56.8 Å². The maximum absolute atomic E-state index is 11.9. The van der Waals surface area contributed by atoms with Gasteiger partial charge in [0.25, 0.3) is 0 Å². The molecule has 0 atom stereocenters. The zero-order chi connectivity index (χ0) is 16.9. The Bertz CT molecular complexity index is 476. The molecule has 0 bridgehead atoms. The molecule has 0 fully saturated rings. The van der Waals surface area contributed by atoms with Crippen LogP contribution in [-0.4, -0.2) is 23.9 Å². The van der Waals surface area contributed by atoms with E-state index in [1.165, 1.54) is 0 Å². The molecule has 0 heterocycles. The molecule has 1 aromatic rings. The van der Waals surface area contributed by atoms with E-state index in [2.05, 4.69) is 5.32 Å². The van der Waals surface area contributed by atoms with Gasteiger partial charge in [0.1, 0.15) is 17.1 Å². The molecular formula is C17H27NO4. The van der Waals surface area contributed by atoms with Crippen molar-refractivity contribution >= 4 is 11.8 Å². The van der Waals surface area contributed by atoms with Gasteiger partial charge in [-0.1, -0.05) is 0 Å². The molecule has 0 aliphatic heterocycles. The van der Waals surface area contributed by atoms with Crippen LogP contribution in [0.4, 0.5) is 10.5 Å². The summed E-state index contributed by atoms with van der Waals surface area (Å²) < 4.78 is 16.6. The van der Waals surface area contributed by atoms with Crippen LogP contribution in [0.3, 0.4) is 0 Å². The second-order valence-corrected chi connectivity index (χ2v) is 6.65. The van der Waals surface area contributed by atoms with Crippen LogP contribution in [0.5, 0.6) is 11.5 Å². The van der Waals surface area contributed by atoms with Gasteiger partial charge in [0.15, 0.2) is 0 Å². The molecule has 0 spiro atoms. The lowest BCUT2D eigenvalue weighted by atomic mass is 10.2. The van der Waals surface area contributed by atoms with Crippen LogP contribution < -0.4 is 14.8 Å². The first kappa shape index (κ1) is 18.1. The van der Waals surface area contributed by atoms with Crippen molar-refractivity contribution in [3.05, 3.63) is 18.2 Å². The van der Waals surface area contributed by atoms with E-state index in [1.807, 2.05) is 48.5 Å². The molecule has 5 nitrogen and oxygen atoms in total. The highest BCUT2D eigenvalue weighted by molar-refractivity contribution is 5.85. The molecule has 1 rings (SSSR count). The van der Waals surface area contributed by atoms with Crippen molar-refractivity contribution < 1.29 is 19.0 Å². The van der Waals surface area contributed by atoms with Crippen molar-refractivity contribution in [3.63, 3.8) is 0 Å². The Hall–Kier alpha value is -1.91. The summed E-state index contributed by atoms with van der Waals surface area (Å²) in [6.45, 7) is 13.2. The fourth-order valence-electron chi connectivity index (χ4n) is 1.75. The number of rotatable bonds is 5. The largest absolute Gasteiger partial charge is 0.491 e. The number of anilines is 1. The number of nitrogens with one attached hydrogen (secondary N) is 1. The van der Waals surface area contributed by atoms with Crippen molar-refractivity contribution in [2.24, 2.45) is 0 Å². The summed E-state index contributed by atoms with van der Waals surface area (Å²) in [5.74, 6) is 1.28. The standard InChI is InChI=1S/C17H27NO4/c1-11(2)20-14-8-13(9-15(10-14)21-12(3)4)18-16(19)22-17(5,6)7/h8-12H,1-7H3,(H,18,19). The summed E-state index contributed by atoms with van der Waals surface area (Å²) >= 11 is 0. The number of carbonyl (C=O) groups is 1. The zero-order valence-corrected chi connectivity index (χ0v) is 14.5. The molecule has 0 saturated heterocycles. The van der Waals surface area contributed by atoms with E-state index in [0.29, 0.717) is 17.2 Å². The van der Waals surface area contributed by atoms with Crippen LogP contribution in [0.25, 0.3) is 0 Å². The fourth-order valence-corrected chi connectivity index (χ4v) is 1.75. The number of benzene rings is 1. The lowest BCUT2D eigenvalue weighted by molar-refractivity contribution is 0.0636. The highest BCUT2D eigenvalue weighted by Gasteiger charge is 2.17. The lowest BCUT2D eigenvalue weighted by Crippen LogP contribution is -2.27. The van der Waals surface area contributed by atoms with Gasteiger partial charge in [-0.3, -0.25) is 5.32 Å². The Balaban J connectivity index is 2.94. The van der Waals surface area contributed by atoms with Crippen LogP contribution in [0.2, 0.25) is 0 Å². The quantitative estimate of drug-likeness (QED) is 0.863. The summed E-state index contributed by atoms with van der Waals surface area (Å²) in [7, 11) is 0. The maximum atomic E-state index is 11.9. The molecule has 5 heteroatoms. The molecular weight excluding hydrogens is 282 g/mol. The van der Waals surface area contributed by atoms with Crippen LogP contribution in [0.1, 0.15) is 48.5 Å². The molecule has 0 saturated carbocycles. The number of amides is 1. The Morgan fingerprint density at radius 3 is 1.77 bits per heavy atom. The third-order valence-corrected chi connectivity index (χ3v) is 2.27. The van der Waals surface area contributed by atoms with Crippen LogP contribution in [0, 0.1) is 0 Å². The molecule has 0 unspecified atom stereocenters. The molecule has 0 aromatic heterocycles. The molecule has 1 amide bonds. The van der Waals surface area contributed by atoms with E-state index >= 15 is 0 Å². The Morgan fingerprint density at radius 1 is 0.955 bits per heavy atom. The lowest BCUT2D eigenvalue weighted by Gasteiger charge is -2.20. The Morgan fingerprint density at radius 2 is 1.41 bits per heavy atom. The SMILES string of the molecule is CC(C)Oc1cc(NC(=O)OC(C)(C)C)cc(OC(C)C)c1. The number of hydrogen-bond acceptors (Lipinski definition) is 4. The normalized spacial score (nSPS) is 11.5. The van der Waals surface area contributed by atoms with Gasteiger partial charge < -0.3 is 14.2 Å². The van der Waals surface area contributed by atoms with E-state index in [0.717, 1.165) is 0 Å². The Labute approximate surface area is 132 Å². The predicted octanol–water partition coefficient (Wildman–Crippen LogP) is 4.61. The Kier molecular flexibility index (Phi) is 6.09. The molecule has 124 valence electrons. The zero-order valence-electron chi connectivity index (χ0n) is 14.5. The van der Waals surface area contributed by atoms with Crippen molar-refractivity contribution in [2.75, 3.05) is 5.32 Å². The van der Waals surface area contributed by atoms with E-state index < -0.39 is 11.7 Å². The van der Waals surface area contributed by atoms with Crippen molar-refractivity contribution in [1.82, 2.24) is 0 Å². The van der Waals surface area contributed by atoms with Crippen LogP contribution in [0.15, 0.2) is 18.2 Å². The predicted molar refractivity (Wildman–Crippen MR) is 87.8 cm³/mol. The highest BCUT2D eigenvalue weighted by atomic mass is 16.6. The van der Waals surface area contributed by atoms with E-state index in [-0.39, 0.29) is 12.2 Å². The molecule has 0 radical (unpaired) electrons. The van der Waals surface area contributed by atoms with Crippen LogP contribution >= 0.6 is 0 Å². The second-order valence-electron chi connectivity index (χ2n) is 6.65. The summed E-state index contributed by atoms with van der Waals surface area (Å²) in [6, 6.07) is 5.30. The summed E-state index contributed by atoms with van der Waals surface area (Å²) in [5.41, 5.74) is 0.0240. The van der Waals surface area contributed by atoms with E-state index in [1.54, 1.807) is 18.2 Å². The molecule has 0 aliphatic rings. The van der Waals surface area contributed by atoms with Gasteiger partial charge in [-0.25, -0.2) is 4.79 Å². The van der Waals surface area contributed by atoms with Crippen molar-refractivity contribution in [3.8, 4) is 11.5 Å². The van der Waals surface area contributed by atoms with Gasteiger partial charge in [-0.05, 0) is 48.5 Å². The molecule has 22 heavy (non-hydrogen) atoms. The van der Waals surface area contributed by atoms with E-state index in [4.69, 9.17) is 14.2 Å². The minimum absolute atomic E-state index is 0.0312. The summed E-state index contributed by atoms with van der Waals surface area (Å²) in [4.78, 5) is 11.9. The fraction of sp³-hybridized carbons (Fsp3) is 0.588. The molecule has 1 N–H and O–H groups in total. The summed E-state index contributed by atoms with van der Waals surface area (Å²) in [6.07, 6.45) is -0.447. The third kappa shape index (κ3) is 7.20. The highest BCUT2D eigenvalue weighted by Crippen LogP contribution is 2.28. The number of carbonyl (C=O) groups excluding carboxylic acids is 1. The minimum Gasteiger partial charge on any atom is -0.491 e. The number of ether oxygens (including phenoxy) is 3. The van der Waals surface area contributed by atoms with Gasteiger partial charge >= 0.3 is 6.09 Å². The average molecular weight is 309 g/mol. The van der Waals surface area contributed by atoms with Crippen molar-refractivity contribution in [2.45, 2.75) is 66.3 Å². The first-order valence-electron chi connectivity index (χ1n) is 7.53. The van der Waals surface area contributed by atoms with Crippen LogP contribution in [-0.2, 0) is 4.74 Å². The average Bonchev–Trinajstić information content (AvgIpc) is 2.22. The van der Waals surface area contributed by atoms with Gasteiger partial charge in [0.2, 0.25) is 0 Å². The van der Waals surface area contributed by atoms with Gasteiger partial charge in [0, 0.05) is 18.2 Å². The monoisotopic (exact) mass is 309 g/mol. The second kappa shape index (κ2) is 7.38. The summed E-state index contributed by atoms with van der Waals surface area (Å²) in [5, 5.41) is 2.70. The smallest absolute Gasteiger partial charge is 0.412 e. The van der Waals surface area contributed by atoms with Gasteiger partial charge in [-0.2, -0.15) is 0 Å². The van der Waals surface area contributed by atoms with Gasteiger partial charge in [0.05, 0.1) is 17.9 Å². The molecule has 1 aromatic carbocycles. The maximum Gasteiger partial charge on any atom is 0.412 e. The van der Waals surface area contributed by atoms with E-state index in [9.17, 15) is 4.79 Å². The third-order valence-electron chi connectivity index (χ3n) is 2.27. The minimum atomic E-state index is -0.548. The van der Waals surface area contributed by atoms with Gasteiger partial charge in [-0.15, -0.1) is 0 Å².